The molecule has 144 valence electrons. The summed E-state index contributed by atoms with van der Waals surface area (Å²) in [5, 5.41) is 1.29. The normalized spacial score (nSPS) is 16.5. The van der Waals surface area contributed by atoms with E-state index in [-0.39, 0.29) is 5.75 Å². The van der Waals surface area contributed by atoms with E-state index < -0.39 is 5.82 Å². The fraction of sp³-hybridized carbons (Fsp3) is 0.333. The molecule has 3 nitrogen and oxygen atoms in total. The van der Waals surface area contributed by atoms with Gasteiger partial charge in [-0.1, -0.05) is 18.6 Å². The molecule has 3 aromatic rings. The Morgan fingerprint density at radius 3 is 2.75 bits per heavy atom. The SMILES string of the molecule is CCC1c2c(c3cc(C)ccc3n2C#Cc2ccc(OC)c(F)c2)CCN1C. The molecule has 2 heterocycles. The quantitative estimate of drug-likeness (QED) is 0.592. The van der Waals surface area contributed by atoms with E-state index in [0.29, 0.717) is 11.6 Å². The molecule has 4 rings (SSSR count). The molecule has 0 spiro atoms. The van der Waals surface area contributed by atoms with Gasteiger partial charge < -0.3 is 4.74 Å². The zero-order chi connectivity index (χ0) is 19.8. The second-order valence-corrected chi connectivity index (χ2v) is 7.46. The van der Waals surface area contributed by atoms with Gasteiger partial charge in [0.15, 0.2) is 11.6 Å². The minimum absolute atomic E-state index is 0.234. The number of hydrogen-bond donors (Lipinski definition) is 0. The van der Waals surface area contributed by atoms with E-state index in [1.807, 2.05) is 0 Å². The van der Waals surface area contributed by atoms with Crippen LogP contribution in [-0.4, -0.2) is 30.2 Å². The Hall–Kier alpha value is -2.77. The summed E-state index contributed by atoms with van der Waals surface area (Å²) in [5.74, 6) is 3.00. The zero-order valence-electron chi connectivity index (χ0n) is 16.8. The molecule has 0 saturated heterocycles. The van der Waals surface area contributed by atoms with Crippen molar-refractivity contribution in [1.29, 1.82) is 0 Å². The summed E-state index contributed by atoms with van der Waals surface area (Å²) in [4.78, 5) is 2.40. The first-order chi connectivity index (χ1) is 13.5. The number of aromatic nitrogens is 1. The molecule has 1 aromatic heterocycles. The zero-order valence-corrected chi connectivity index (χ0v) is 16.8. The van der Waals surface area contributed by atoms with Crippen molar-refractivity contribution in [3.63, 3.8) is 0 Å². The summed E-state index contributed by atoms with van der Waals surface area (Å²) in [6, 6.07) is 15.0. The standard InChI is InChI=1S/C24H25FN2O/c1-5-21-24-18(11-12-26(21)3)19-14-16(2)6-8-22(19)27(24)13-10-17-7-9-23(28-4)20(25)15-17/h6-9,14-15,21H,5,11-12H2,1-4H3. The van der Waals surface area contributed by atoms with Crippen molar-refractivity contribution in [2.75, 3.05) is 20.7 Å². The predicted molar refractivity (Wildman–Crippen MR) is 111 cm³/mol. The largest absolute Gasteiger partial charge is 0.494 e. The van der Waals surface area contributed by atoms with E-state index in [0.717, 1.165) is 24.9 Å². The van der Waals surface area contributed by atoms with Crippen molar-refractivity contribution in [2.45, 2.75) is 32.7 Å². The van der Waals surface area contributed by atoms with Crippen LogP contribution in [0.1, 0.15) is 41.8 Å². The first-order valence-electron chi connectivity index (χ1n) is 9.73. The summed E-state index contributed by atoms with van der Waals surface area (Å²) < 4.78 is 21.2. The maximum atomic E-state index is 14.0. The van der Waals surface area contributed by atoms with Crippen LogP contribution in [0.2, 0.25) is 0 Å². The number of benzene rings is 2. The van der Waals surface area contributed by atoms with Gasteiger partial charge in [0.25, 0.3) is 0 Å². The fourth-order valence-corrected chi connectivity index (χ4v) is 4.24. The van der Waals surface area contributed by atoms with Crippen molar-refractivity contribution in [1.82, 2.24) is 9.47 Å². The maximum Gasteiger partial charge on any atom is 0.166 e. The minimum Gasteiger partial charge on any atom is -0.494 e. The highest BCUT2D eigenvalue weighted by molar-refractivity contribution is 5.87. The van der Waals surface area contributed by atoms with Gasteiger partial charge in [-0.2, -0.15) is 0 Å². The number of ether oxygens (including phenoxy) is 1. The second-order valence-electron chi connectivity index (χ2n) is 7.46. The molecule has 1 atom stereocenters. The van der Waals surface area contributed by atoms with E-state index in [1.54, 1.807) is 12.1 Å². The highest BCUT2D eigenvalue weighted by Gasteiger charge is 2.29. The molecule has 0 aliphatic carbocycles. The molecule has 4 heteroatoms. The predicted octanol–water partition coefficient (Wildman–Crippen LogP) is 4.89. The van der Waals surface area contributed by atoms with Crippen LogP contribution in [0, 0.1) is 24.7 Å². The smallest absolute Gasteiger partial charge is 0.166 e. The first-order valence-corrected chi connectivity index (χ1v) is 9.73. The van der Waals surface area contributed by atoms with E-state index >= 15 is 0 Å². The summed E-state index contributed by atoms with van der Waals surface area (Å²) in [5.41, 5.74) is 5.70. The van der Waals surface area contributed by atoms with Crippen molar-refractivity contribution < 1.29 is 9.13 Å². The molecule has 0 fully saturated rings. The lowest BCUT2D eigenvalue weighted by atomic mass is 9.96. The molecule has 2 aromatic carbocycles. The van der Waals surface area contributed by atoms with Crippen LogP contribution in [0.5, 0.6) is 5.75 Å². The molecule has 0 radical (unpaired) electrons. The van der Waals surface area contributed by atoms with Gasteiger partial charge in [0.2, 0.25) is 0 Å². The molecule has 1 unspecified atom stereocenters. The van der Waals surface area contributed by atoms with Gasteiger partial charge in [-0.25, -0.2) is 4.39 Å². The molecule has 28 heavy (non-hydrogen) atoms. The number of halogens is 1. The molecular weight excluding hydrogens is 351 g/mol. The molecule has 0 saturated carbocycles. The molecule has 0 N–H and O–H groups in total. The van der Waals surface area contributed by atoms with Crippen molar-refractivity contribution >= 4 is 10.9 Å². The highest BCUT2D eigenvalue weighted by Crippen LogP contribution is 2.38. The Labute approximate surface area is 165 Å². The monoisotopic (exact) mass is 376 g/mol. The lowest BCUT2D eigenvalue weighted by Gasteiger charge is -2.32. The van der Waals surface area contributed by atoms with Crippen LogP contribution < -0.4 is 4.74 Å². The van der Waals surface area contributed by atoms with Gasteiger partial charge in [-0.15, -0.1) is 0 Å². The third-order valence-corrected chi connectivity index (χ3v) is 5.68. The number of aryl methyl sites for hydroxylation is 1. The molecule has 0 bridgehead atoms. The maximum absolute atomic E-state index is 14.0. The highest BCUT2D eigenvalue weighted by atomic mass is 19.1. The summed E-state index contributed by atoms with van der Waals surface area (Å²) in [6.45, 7) is 5.40. The Morgan fingerprint density at radius 2 is 2.04 bits per heavy atom. The number of likely N-dealkylation sites (N-methyl/N-ethyl adjacent to an activating group) is 1. The minimum atomic E-state index is -0.393. The van der Waals surface area contributed by atoms with Gasteiger partial charge >= 0.3 is 0 Å². The third-order valence-electron chi connectivity index (χ3n) is 5.68. The van der Waals surface area contributed by atoms with Gasteiger partial charge in [0.1, 0.15) is 0 Å². The molecular formula is C24H25FN2O. The third kappa shape index (κ3) is 3.06. The Bertz CT molecular complexity index is 1100. The van der Waals surface area contributed by atoms with E-state index in [4.69, 9.17) is 4.74 Å². The van der Waals surface area contributed by atoms with Crippen LogP contribution in [0.25, 0.3) is 10.9 Å². The summed E-state index contributed by atoms with van der Waals surface area (Å²) in [6.07, 6.45) is 2.05. The van der Waals surface area contributed by atoms with Gasteiger partial charge in [-0.05, 0) is 68.6 Å². The number of nitrogens with zero attached hydrogens (tertiary/aromatic N) is 2. The molecule has 1 aliphatic heterocycles. The van der Waals surface area contributed by atoms with Crippen LogP contribution in [-0.2, 0) is 6.42 Å². The number of hydrogen-bond acceptors (Lipinski definition) is 2. The fourth-order valence-electron chi connectivity index (χ4n) is 4.24. The number of methoxy groups -OCH3 is 1. The Morgan fingerprint density at radius 1 is 1.21 bits per heavy atom. The average molecular weight is 376 g/mol. The summed E-state index contributed by atoms with van der Waals surface area (Å²) in [7, 11) is 3.64. The first kappa shape index (κ1) is 18.6. The number of fused-ring (bicyclic) bond motifs is 3. The van der Waals surface area contributed by atoms with Gasteiger partial charge in [0, 0.05) is 23.5 Å². The Balaban J connectivity index is 1.90. The van der Waals surface area contributed by atoms with Crippen LogP contribution >= 0.6 is 0 Å². The van der Waals surface area contributed by atoms with E-state index in [2.05, 4.69) is 60.5 Å². The second kappa shape index (κ2) is 7.33. The van der Waals surface area contributed by atoms with Crippen molar-refractivity contribution in [2.24, 2.45) is 0 Å². The summed E-state index contributed by atoms with van der Waals surface area (Å²) >= 11 is 0. The lowest BCUT2D eigenvalue weighted by molar-refractivity contribution is 0.219. The van der Waals surface area contributed by atoms with E-state index in [9.17, 15) is 4.39 Å². The van der Waals surface area contributed by atoms with Crippen molar-refractivity contribution in [3.05, 3.63) is 64.6 Å². The van der Waals surface area contributed by atoms with Crippen LogP contribution in [0.4, 0.5) is 4.39 Å². The topological polar surface area (TPSA) is 17.4 Å². The van der Waals surface area contributed by atoms with Crippen molar-refractivity contribution in [3.8, 4) is 17.7 Å². The molecule has 1 aliphatic rings. The number of rotatable bonds is 2. The Kier molecular flexibility index (Phi) is 4.87. The van der Waals surface area contributed by atoms with E-state index in [1.165, 1.54) is 35.4 Å². The lowest BCUT2D eigenvalue weighted by Crippen LogP contribution is -2.32. The van der Waals surface area contributed by atoms with Gasteiger partial charge in [0.05, 0.1) is 24.4 Å². The average Bonchev–Trinajstić information content (AvgIpc) is 2.99. The van der Waals surface area contributed by atoms with Gasteiger partial charge in [-0.3, -0.25) is 9.47 Å². The molecule has 0 amide bonds. The van der Waals surface area contributed by atoms with Crippen LogP contribution in [0.3, 0.4) is 0 Å². The van der Waals surface area contributed by atoms with Crippen LogP contribution in [0.15, 0.2) is 36.4 Å².